The number of hydrogen-bond donors (Lipinski definition) is 1. The van der Waals surface area contributed by atoms with E-state index in [9.17, 15) is 0 Å². The number of rotatable bonds is 3. The second-order valence-electron chi connectivity index (χ2n) is 6.19. The molecule has 2 heterocycles. The summed E-state index contributed by atoms with van der Waals surface area (Å²) in [5.41, 5.74) is 1.63. The van der Waals surface area contributed by atoms with Gasteiger partial charge in [-0.2, -0.15) is 11.8 Å². The Bertz CT molecular complexity index is 395. The summed E-state index contributed by atoms with van der Waals surface area (Å²) < 4.78 is 0. The van der Waals surface area contributed by atoms with E-state index >= 15 is 0 Å². The molecule has 1 saturated carbocycles. The minimum Gasteiger partial charge on any atom is -0.312 e. The Morgan fingerprint density at radius 2 is 2.05 bits per heavy atom. The zero-order chi connectivity index (χ0) is 13.2. The summed E-state index contributed by atoms with van der Waals surface area (Å²) in [7, 11) is 2.15. The van der Waals surface area contributed by atoms with Gasteiger partial charge >= 0.3 is 0 Å². The molecule has 1 unspecified atom stereocenters. The Labute approximate surface area is 125 Å². The van der Waals surface area contributed by atoms with Gasteiger partial charge in [-0.25, -0.2) is 0 Å². The van der Waals surface area contributed by atoms with Crippen LogP contribution in [0.1, 0.15) is 54.0 Å². The fourth-order valence-corrected chi connectivity index (χ4v) is 6.13. The highest BCUT2D eigenvalue weighted by Crippen LogP contribution is 2.41. The third-order valence-corrected chi connectivity index (χ3v) is 7.12. The first-order valence-electron chi connectivity index (χ1n) is 7.64. The third-order valence-electron chi connectivity index (χ3n) is 4.80. The van der Waals surface area contributed by atoms with Crippen LogP contribution in [-0.4, -0.2) is 12.8 Å². The van der Waals surface area contributed by atoms with E-state index in [0.717, 1.165) is 11.8 Å². The molecule has 3 rings (SSSR count). The van der Waals surface area contributed by atoms with Crippen LogP contribution >= 0.6 is 23.1 Å². The first-order chi connectivity index (χ1) is 9.28. The van der Waals surface area contributed by atoms with E-state index in [4.69, 9.17) is 0 Å². The Hall–Kier alpha value is 0.01000. The molecule has 1 aliphatic heterocycles. The lowest BCUT2D eigenvalue weighted by atomic mass is 9.79. The maximum atomic E-state index is 3.62. The molecule has 0 saturated heterocycles. The normalized spacial score (nSPS) is 28.9. The van der Waals surface area contributed by atoms with Gasteiger partial charge in [-0.1, -0.05) is 19.8 Å². The molecular weight excluding hydrogens is 270 g/mol. The maximum absolute atomic E-state index is 3.62. The Morgan fingerprint density at radius 1 is 1.26 bits per heavy atom. The SMILES string of the molecule is CNC(c1cc2c(s1)CCSC2)C1CCC(C)CC1. The summed E-state index contributed by atoms with van der Waals surface area (Å²) in [5.74, 6) is 4.36. The fourth-order valence-electron chi connectivity index (χ4n) is 3.55. The Balaban J connectivity index is 1.76. The summed E-state index contributed by atoms with van der Waals surface area (Å²) in [5, 5.41) is 3.62. The molecule has 3 heteroatoms. The molecule has 1 aliphatic carbocycles. The first-order valence-corrected chi connectivity index (χ1v) is 9.61. The van der Waals surface area contributed by atoms with Crippen LogP contribution in [0.5, 0.6) is 0 Å². The van der Waals surface area contributed by atoms with Crippen molar-refractivity contribution in [3.05, 3.63) is 21.4 Å². The van der Waals surface area contributed by atoms with Crippen LogP contribution in [0, 0.1) is 11.8 Å². The molecule has 1 nitrogen and oxygen atoms in total. The van der Waals surface area contributed by atoms with Gasteiger partial charge in [0.25, 0.3) is 0 Å². The fraction of sp³-hybridized carbons (Fsp3) is 0.750. The molecule has 0 bridgehead atoms. The van der Waals surface area contributed by atoms with Crippen LogP contribution < -0.4 is 5.32 Å². The van der Waals surface area contributed by atoms with Crippen LogP contribution in [0.2, 0.25) is 0 Å². The van der Waals surface area contributed by atoms with Crippen LogP contribution in [0.25, 0.3) is 0 Å². The second kappa shape index (κ2) is 6.19. The average molecular weight is 296 g/mol. The van der Waals surface area contributed by atoms with Crippen molar-refractivity contribution in [2.75, 3.05) is 12.8 Å². The molecule has 0 radical (unpaired) electrons. The Morgan fingerprint density at radius 3 is 2.74 bits per heavy atom. The van der Waals surface area contributed by atoms with Gasteiger partial charge in [-0.3, -0.25) is 0 Å². The van der Waals surface area contributed by atoms with Crippen molar-refractivity contribution >= 4 is 23.1 Å². The molecule has 1 aromatic rings. The van der Waals surface area contributed by atoms with Crippen molar-refractivity contribution in [2.45, 2.75) is 50.8 Å². The maximum Gasteiger partial charge on any atom is 0.0441 e. The van der Waals surface area contributed by atoms with E-state index in [0.29, 0.717) is 6.04 Å². The van der Waals surface area contributed by atoms with Crippen molar-refractivity contribution in [3.8, 4) is 0 Å². The Kier molecular flexibility index (Phi) is 4.55. The van der Waals surface area contributed by atoms with E-state index < -0.39 is 0 Å². The van der Waals surface area contributed by atoms with Gasteiger partial charge in [0, 0.05) is 21.5 Å². The molecule has 0 spiro atoms. The van der Waals surface area contributed by atoms with Gasteiger partial charge in [0.2, 0.25) is 0 Å². The number of fused-ring (bicyclic) bond motifs is 1. The van der Waals surface area contributed by atoms with Crippen molar-refractivity contribution < 1.29 is 0 Å². The molecule has 0 aromatic carbocycles. The number of thiophene rings is 1. The number of thioether (sulfide) groups is 1. The van der Waals surface area contributed by atoms with E-state index in [1.807, 2.05) is 0 Å². The summed E-state index contributed by atoms with van der Waals surface area (Å²) >= 11 is 4.18. The van der Waals surface area contributed by atoms with E-state index in [-0.39, 0.29) is 0 Å². The van der Waals surface area contributed by atoms with Gasteiger partial charge in [-0.05, 0) is 55.5 Å². The molecule has 1 fully saturated rings. The van der Waals surface area contributed by atoms with Crippen molar-refractivity contribution in [1.82, 2.24) is 5.32 Å². The summed E-state index contributed by atoms with van der Waals surface area (Å²) in [6, 6.07) is 3.11. The smallest absolute Gasteiger partial charge is 0.0441 e. The summed E-state index contributed by atoms with van der Waals surface area (Å²) in [6.45, 7) is 2.41. The molecule has 1 atom stereocenters. The van der Waals surface area contributed by atoms with Gasteiger partial charge < -0.3 is 5.32 Å². The molecule has 19 heavy (non-hydrogen) atoms. The molecule has 0 amide bonds. The van der Waals surface area contributed by atoms with Crippen LogP contribution in [0.3, 0.4) is 0 Å². The van der Waals surface area contributed by atoms with Gasteiger partial charge in [-0.15, -0.1) is 11.3 Å². The van der Waals surface area contributed by atoms with Crippen molar-refractivity contribution in [2.24, 2.45) is 11.8 Å². The highest BCUT2D eigenvalue weighted by Gasteiger charge is 2.28. The lowest BCUT2D eigenvalue weighted by Crippen LogP contribution is -2.27. The van der Waals surface area contributed by atoms with E-state index in [1.54, 1.807) is 15.3 Å². The monoisotopic (exact) mass is 295 g/mol. The standard InChI is InChI=1S/C16H25NS2/c1-11-3-5-12(6-4-11)16(17-2)15-9-13-10-18-8-7-14(13)19-15/h9,11-12,16-17H,3-8,10H2,1-2H3. The highest BCUT2D eigenvalue weighted by molar-refractivity contribution is 7.98. The van der Waals surface area contributed by atoms with E-state index in [2.05, 4.69) is 48.5 Å². The predicted octanol–water partition coefficient (Wildman–Crippen LogP) is 4.62. The zero-order valence-corrected chi connectivity index (χ0v) is 13.7. The van der Waals surface area contributed by atoms with Crippen LogP contribution in [0.15, 0.2) is 6.07 Å². The largest absolute Gasteiger partial charge is 0.312 e. The van der Waals surface area contributed by atoms with Gasteiger partial charge in [0.05, 0.1) is 0 Å². The quantitative estimate of drug-likeness (QED) is 0.873. The third kappa shape index (κ3) is 3.03. The van der Waals surface area contributed by atoms with Crippen LogP contribution in [0.4, 0.5) is 0 Å². The average Bonchev–Trinajstić information content (AvgIpc) is 2.85. The minimum atomic E-state index is 0.605. The highest BCUT2D eigenvalue weighted by atomic mass is 32.2. The first kappa shape index (κ1) is 14.0. The summed E-state index contributed by atoms with van der Waals surface area (Å²) in [6.07, 6.45) is 6.95. The lowest BCUT2D eigenvalue weighted by Gasteiger charge is -2.32. The molecule has 1 N–H and O–H groups in total. The minimum absolute atomic E-state index is 0.605. The lowest BCUT2D eigenvalue weighted by molar-refractivity contribution is 0.240. The van der Waals surface area contributed by atoms with E-state index in [1.165, 1.54) is 43.6 Å². The molecule has 1 aromatic heterocycles. The van der Waals surface area contributed by atoms with Crippen molar-refractivity contribution in [1.29, 1.82) is 0 Å². The number of aryl methyl sites for hydroxylation is 1. The number of nitrogens with one attached hydrogen (secondary N) is 1. The predicted molar refractivity (Wildman–Crippen MR) is 87.1 cm³/mol. The number of hydrogen-bond acceptors (Lipinski definition) is 3. The van der Waals surface area contributed by atoms with Crippen molar-refractivity contribution in [3.63, 3.8) is 0 Å². The molecule has 2 aliphatic rings. The van der Waals surface area contributed by atoms with Crippen LogP contribution in [-0.2, 0) is 12.2 Å². The topological polar surface area (TPSA) is 12.0 Å². The molecule has 106 valence electrons. The second-order valence-corrected chi connectivity index (χ2v) is 8.46. The molecular formula is C16H25NS2. The summed E-state index contributed by atoms with van der Waals surface area (Å²) in [4.78, 5) is 3.27. The van der Waals surface area contributed by atoms with Gasteiger partial charge in [0.15, 0.2) is 0 Å². The zero-order valence-electron chi connectivity index (χ0n) is 12.1. The van der Waals surface area contributed by atoms with Gasteiger partial charge in [0.1, 0.15) is 0 Å².